The fourth-order valence-electron chi connectivity index (χ4n) is 10.9. The van der Waals surface area contributed by atoms with Crippen LogP contribution in [0.25, 0.3) is 0 Å². The van der Waals surface area contributed by atoms with Gasteiger partial charge in [0.15, 0.2) is 6.29 Å². The largest absolute Gasteiger partial charge is 0.476 e. The molecule has 0 bridgehead atoms. The van der Waals surface area contributed by atoms with Gasteiger partial charge in [-0.05, 0) is 130 Å². The predicted octanol–water partition coefficient (Wildman–Crippen LogP) is 14.2. The predicted molar refractivity (Wildman–Crippen MR) is 259 cm³/mol. The number of thioether (sulfide) groups is 1. The van der Waals surface area contributed by atoms with Gasteiger partial charge in [0.05, 0.1) is 46.8 Å². The van der Waals surface area contributed by atoms with E-state index in [1.807, 2.05) is 73.6 Å². The molecule has 4 saturated heterocycles. The molecule has 0 radical (unpaired) electrons. The van der Waals surface area contributed by atoms with Gasteiger partial charge in [0, 0.05) is 17.7 Å². The Morgan fingerprint density at radius 2 is 1.02 bits per heavy atom. The SMILES string of the molecule is CCC1OC(OC2CCCCC2)C(OP2(=O)OC(C)(C)CC(C)(C)O2)C(C)C1C.CCC1OC(Sc2ccccc2)C(OP2(=O)OC(C)(C)CC(C)(C)O2)C(C)C1C.OC1CCCCC1. The Morgan fingerprint density at radius 1 is 0.600 bits per heavy atom. The van der Waals surface area contributed by atoms with Crippen molar-refractivity contribution in [3.05, 3.63) is 30.3 Å². The molecule has 1 N–H and O–H groups in total. The molecule has 0 spiro atoms. The van der Waals surface area contributed by atoms with E-state index in [0.29, 0.717) is 12.8 Å². The summed E-state index contributed by atoms with van der Waals surface area (Å²) in [5.41, 5.74) is -2.65. The van der Waals surface area contributed by atoms with Crippen molar-refractivity contribution < 1.29 is 55.6 Å². The van der Waals surface area contributed by atoms with Gasteiger partial charge in [0.25, 0.3) is 0 Å². The Labute approximate surface area is 398 Å². The standard InChI is InChI=1S/C22H41O6P.C22H35O5PS.C6H12O/c1-8-18-15(2)16(3)19(20(25-18)24-17-12-10-9-11-13-17)26-29(23)27-21(4,5)14-22(6,7)28-29;1-8-18-15(2)16(3)19(20(24-18)29-17-12-10-9-11-13-17)25-28(23)26-21(4,5)14-22(6,7)27-28;7-6-4-2-1-3-5-6/h15-20H,8-14H2,1-7H3;9-13,15-16,18-20H,8,14H2,1-7H3;6-7H,1-5H2. The second-order valence-electron chi connectivity index (χ2n) is 22.2. The highest BCUT2D eigenvalue weighted by Crippen LogP contribution is 2.64. The summed E-state index contributed by atoms with van der Waals surface area (Å²) in [7, 11) is -7.52. The molecule has 10 atom stereocenters. The van der Waals surface area contributed by atoms with Crippen LogP contribution in [-0.4, -0.2) is 75.9 Å². The van der Waals surface area contributed by atoms with Gasteiger partial charge in [-0.2, -0.15) is 0 Å². The summed E-state index contributed by atoms with van der Waals surface area (Å²) < 4.78 is 82.3. The van der Waals surface area contributed by atoms with Crippen molar-refractivity contribution in [3.8, 4) is 0 Å². The van der Waals surface area contributed by atoms with Crippen LogP contribution in [0.4, 0.5) is 0 Å². The number of aliphatic hydroxyl groups is 1. The fourth-order valence-corrected chi connectivity index (χ4v) is 16.3. The van der Waals surface area contributed by atoms with Crippen molar-refractivity contribution in [3.63, 3.8) is 0 Å². The van der Waals surface area contributed by atoms with Crippen LogP contribution in [0, 0.1) is 23.7 Å². The number of phosphoric ester groups is 2. The third-order valence-electron chi connectivity index (χ3n) is 13.9. The first kappa shape index (κ1) is 55.6. The minimum absolute atomic E-state index is 0.0359. The minimum atomic E-state index is -3.77. The molecule has 2 saturated carbocycles. The van der Waals surface area contributed by atoms with Gasteiger partial charge in [-0.25, -0.2) is 9.13 Å². The third-order valence-corrected chi connectivity index (χ3v) is 18.9. The highest BCUT2D eigenvalue weighted by Gasteiger charge is 2.55. The van der Waals surface area contributed by atoms with Crippen LogP contribution in [0.15, 0.2) is 35.2 Å². The Morgan fingerprint density at radius 3 is 1.45 bits per heavy atom. The normalized spacial score (nSPS) is 36.5. The quantitative estimate of drug-likeness (QED) is 0.223. The van der Waals surface area contributed by atoms with Gasteiger partial charge in [-0.3, -0.25) is 27.1 Å². The molecule has 4 heterocycles. The average molecular weight is 975 g/mol. The molecular formula is C50H88O12P2S. The number of ether oxygens (including phenoxy) is 3. The zero-order valence-corrected chi connectivity index (χ0v) is 45.1. The van der Waals surface area contributed by atoms with Crippen molar-refractivity contribution in [1.82, 2.24) is 0 Å². The number of aliphatic hydroxyl groups excluding tert-OH is 1. The molecule has 2 aliphatic carbocycles. The topological polar surface area (TPSA) is 137 Å². The Balaban J connectivity index is 0.000000212. The summed E-state index contributed by atoms with van der Waals surface area (Å²) in [6.07, 6.45) is 13.7. The number of phosphoric acid groups is 2. The molecule has 4 aliphatic heterocycles. The molecule has 376 valence electrons. The average Bonchev–Trinajstić information content (AvgIpc) is 3.19. The van der Waals surface area contributed by atoms with E-state index in [4.69, 9.17) is 46.5 Å². The van der Waals surface area contributed by atoms with Gasteiger partial charge in [-0.1, -0.05) is 110 Å². The third kappa shape index (κ3) is 16.3. The van der Waals surface area contributed by atoms with E-state index in [2.05, 4.69) is 53.7 Å². The lowest BCUT2D eigenvalue weighted by molar-refractivity contribution is -0.285. The van der Waals surface area contributed by atoms with E-state index in [1.165, 1.54) is 38.5 Å². The first-order valence-corrected chi connectivity index (χ1v) is 28.8. The zero-order valence-electron chi connectivity index (χ0n) is 42.5. The summed E-state index contributed by atoms with van der Waals surface area (Å²) in [4.78, 5) is 1.09. The molecule has 15 heteroatoms. The molecule has 65 heavy (non-hydrogen) atoms. The van der Waals surface area contributed by atoms with E-state index < -0.39 is 56.5 Å². The molecule has 7 rings (SSSR count). The molecule has 0 amide bonds. The molecule has 1 aromatic carbocycles. The van der Waals surface area contributed by atoms with E-state index in [0.717, 1.165) is 43.4 Å². The van der Waals surface area contributed by atoms with Gasteiger partial charge in [0.1, 0.15) is 17.6 Å². The Bertz CT molecular complexity index is 1660. The van der Waals surface area contributed by atoms with Crippen LogP contribution in [-0.2, 0) is 50.5 Å². The van der Waals surface area contributed by atoms with Gasteiger partial charge >= 0.3 is 15.6 Å². The van der Waals surface area contributed by atoms with Crippen LogP contribution in [0.5, 0.6) is 0 Å². The van der Waals surface area contributed by atoms with Gasteiger partial charge in [-0.15, -0.1) is 0 Å². The maximum Gasteiger partial charge on any atom is 0.476 e. The Hall–Kier alpha value is -0.370. The van der Waals surface area contributed by atoms with Crippen molar-refractivity contribution in [1.29, 1.82) is 0 Å². The first-order chi connectivity index (χ1) is 30.3. The molecule has 1 aromatic rings. The molecule has 6 aliphatic rings. The van der Waals surface area contributed by atoms with Crippen molar-refractivity contribution >= 4 is 27.4 Å². The smallest absolute Gasteiger partial charge is 0.393 e. The van der Waals surface area contributed by atoms with Crippen LogP contribution in [0.2, 0.25) is 0 Å². The van der Waals surface area contributed by atoms with Crippen LogP contribution in [0.3, 0.4) is 0 Å². The van der Waals surface area contributed by atoms with E-state index >= 15 is 0 Å². The summed E-state index contributed by atoms with van der Waals surface area (Å²) in [6.45, 7) is 28.3. The Kier molecular flexibility index (Phi) is 19.9. The molecule has 10 unspecified atom stereocenters. The number of hydrogen-bond acceptors (Lipinski definition) is 13. The molecule has 0 aromatic heterocycles. The first-order valence-electron chi connectivity index (χ1n) is 25.0. The maximum absolute atomic E-state index is 13.6. The maximum atomic E-state index is 13.6. The summed E-state index contributed by atoms with van der Waals surface area (Å²) >= 11 is 1.61. The van der Waals surface area contributed by atoms with Crippen LogP contribution >= 0.6 is 27.4 Å². The van der Waals surface area contributed by atoms with E-state index in [9.17, 15) is 9.13 Å². The highest BCUT2D eigenvalue weighted by atomic mass is 32.2. The lowest BCUT2D eigenvalue weighted by Gasteiger charge is -2.48. The molecule has 6 fully saturated rings. The second-order valence-corrected chi connectivity index (χ2v) is 26.4. The summed E-state index contributed by atoms with van der Waals surface area (Å²) in [5, 5.41) is 8.91. The minimum Gasteiger partial charge on any atom is -0.393 e. The van der Waals surface area contributed by atoms with Crippen LogP contribution in [0.1, 0.15) is 187 Å². The second kappa shape index (κ2) is 23.2. The highest BCUT2D eigenvalue weighted by molar-refractivity contribution is 7.99. The van der Waals surface area contributed by atoms with Gasteiger partial charge in [0.2, 0.25) is 0 Å². The van der Waals surface area contributed by atoms with Crippen molar-refractivity contribution in [2.24, 2.45) is 23.7 Å². The number of benzene rings is 1. The lowest BCUT2D eigenvalue weighted by Crippen LogP contribution is -2.53. The number of hydrogen-bond donors (Lipinski definition) is 1. The molecular weight excluding hydrogens is 887 g/mol. The van der Waals surface area contributed by atoms with E-state index in [-0.39, 0.29) is 53.5 Å². The number of rotatable bonds is 10. The van der Waals surface area contributed by atoms with E-state index in [1.54, 1.807) is 11.8 Å². The zero-order chi connectivity index (χ0) is 48.0. The van der Waals surface area contributed by atoms with Gasteiger partial charge < -0.3 is 19.3 Å². The van der Waals surface area contributed by atoms with Crippen molar-refractivity contribution in [2.75, 3.05) is 0 Å². The monoisotopic (exact) mass is 975 g/mol. The fraction of sp³-hybridized carbons (Fsp3) is 0.880. The molecule has 12 nitrogen and oxygen atoms in total. The van der Waals surface area contributed by atoms with Crippen LogP contribution < -0.4 is 0 Å². The van der Waals surface area contributed by atoms with Crippen molar-refractivity contribution in [2.45, 2.75) is 262 Å². The summed E-state index contributed by atoms with van der Waals surface area (Å²) in [6, 6.07) is 10.1. The lowest BCUT2D eigenvalue weighted by atomic mass is 9.82. The summed E-state index contributed by atoms with van der Waals surface area (Å²) in [5.74, 6) is 0.776.